The molecule has 3 rings (SSSR count). The summed E-state index contributed by atoms with van der Waals surface area (Å²) in [6, 6.07) is 6.87. The van der Waals surface area contributed by atoms with Crippen LogP contribution in [0.2, 0.25) is 0 Å². The van der Waals surface area contributed by atoms with E-state index in [0.717, 1.165) is 6.42 Å². The van der Waals surface area contributed by atoms with Crippen LogP contribution in [0.25, 0.3) is 0 Å². The maximum atomic E-state index is 11.8. The number of allylic oxidation sites excluding steroid dienone is 2. The second kappa shape index (κ2) is 5.72. The summed E-state index contributed by atoms with van der Waals surface area (Å²) in [7, 11) is 0. The number of fused-ring (bicyclic) bond motifs is 2. The van der Waals surface area contributed by atoms with Crippen molar-refractivity contribution >= 4 is 17.6 Å². The van der Waals surface area contributed by atoms with E-state index in [2.05, 4.69) is 17.5 Å². The van der Waals surface area contributed by atoms with Gasteiger partial charge in [-0.1, -0.05) is 24.3 Å². The number of benzene rings is 1. The second-order valence-corrected chi connectivity index (χ2v) is 5.90. The highest BCUT2D eigenvalue weighted by Crippen LogP contribution is 2.43. The van der Waals surface area contributed by atoms with E-state index in [9.17, 15) is 9.59 Å². The van der Waals surface area contributed by atoms with Crippen LogP contribution in [-0.2, 0) is 4.74 Å². The van der Waals surface area contributed by atoms with Crippen LogP contribution in [0.3, 0.4) is 0 Å². The van der Waals surface area contributed by atoms with Gasteiger partial charge in [0.1, 0.15) is 0 Å². The first-order valence-electron chi connectivity index (χ1n) is 7.35. The zero-order chi connectivity index (χ0) is 14.8. The molecule has 1 amide bonds. The van der Waals surface area contributed by atoms with Crippen molar-refractivity contribution < 1.29 is 14.3 Å². The molecule has 2 bridgehead atoms. The maximum absolute atomic E-state index is 11.8. The van der Waals surface area contributed by atoms with Crippen molar-refractivity contribution in [3.63, 3.8) is 0 Å². The topological polar surface area (TPSA) is 55.4 Å². The molecule has 0 heterocycles. The van der Waals surface area contributed by atoms with Gasteiger partial charge in [-0.2, -0.15) is 0 Å². The van der Waals surface area contributed by atoms with Crippen LogP contribution in [0.15, 0.2) is 36.4 Å². The first-order chi connectivity index (χ1) is 10.1. The molecule has 4 nitrogen and oxygen atoms in total. The van der Waals surface area contributed by atoms with Crippen molar-refractivity contribution in [3.05, 3.63) is 42.0 Å². The zero-order valence-corrected chi connectivity index (χ0v) is 12.0. The standard InChI is InChI=1S/C17H19NO3/c1-11(19)13-3-2-4-16(9-13)18-17(20)21-10-15-8-12-5-6-14(15)7-12/h2-6,9,12,14-15H,7-8,10H2,1H3,(H,18,20)/t12-,14+,15-/m1/s1. The average Bonchev–Trinajstić information content (AvgIpc) is 3.08. The van der Waals surface area contributed by atoms with Crippen molar-refractivity contribution in [2.75, 3.05) is 11.9 Å². The Hall–Kier alpha value is -2.10. The van der Waals surface area contributed by atoms with Gasteiger partial charge in [-0.25, -0.2) is 4.79 Å². The van der Waals surface area contributed by atoms with Gasteiger partial charge in [0, 0.05) is 17.2 Å². The maximum Gasteiger partial charge on any atom is 0.411 e. The molecule has 3 atom stereocenters. The van der Waals surface area contributed by atoms with Crippen LogP contribution >= 0.6 is 0 Å². The SMILES string of the molecule is CC(=O)c1cccc(NC(=O)OC[C@H]2C[C@@H]3C=C[C@H]2C3)c1. The summed E-state index contributed by atoms with van der Waals surface area (Å²) in [6.07, 6.45) is 6.39. The van der Waals surface area contributed by atoms with E-state index < -0.39 is 6.09 Å². The molecule has 0 aromatic heterocycles. The van der Waals surface area contributed by atoms with Gasteiger partial charge in [-0.05, 0) is 43.7 Å². The molecule has 1 N–H and O–H groups in total. The molecule has 0 unspecified atom stereocenters. The third-order valence-corrected chi connectivity index (χ3v) is 4.36. The molecule has 110 valence electrons. The highest BCUT2D eigenvalue weighted by Gasteiger charge is 2.36. The van der Waals surface area contributed by atoms with Crippen molar-refractivity contribution in [2.45, 2.75) is 19.8 Å². The lowest BCUT2D eigenvalue weighted by Gasteiger charge is -2.17. The Bertz CT molecular complexity index is 593. The summed E-state index contributed by atoms with van der Waals surface area (Å²) in [5.74, 6) is 1.68. The normalized spacial score (nSPS) is 25.9. The van der Waals surface area contributed by atoms with E-state index in [1.165, 1.54) is 13.3 Å². The fourth-order valence-electron chi connectivity index (χ4n) is 3.24. The molecule has 1 fully saturated rings. The van der Waals surface area contributed by atoms with E-state index in [0.29, 0.717) is 35.6 Å². The lowest BCUT2D eigenvalue weighted by Crippen LogP contribution is -2.21. The molecular formula is C17H19NO3. The molecule has 2 aliphatic carbocycles. The van der Waals surface area contributed by atoms with Gasteiger partial charge in [0.05, 0.1) is 6.61 Å². The highest BCUT2D eigenvalue weighted by molar-refractivity contribution is 5.96. The largest absolute Gasteiger partial charge is 0.449 e. The van der Waals surface area contributed by atoms with Gasteiger partial charge in [0.2, 0.25) is 0 Å². The van der Waals surface area contributed by atoms with Gasteiger partial charge in [0.15, 0.2) is 5.78 Å². The quantitative estimate of drug-likeness (QED) is 0.678. The molecule has 2 aliphatic rings. The van der Waals surface area contributed by atoms with E-state index in [-0.39, 0.29) is 5.78 Å². The monoisotopic (exact) mass is 285 g/mol. The first kappa shape index (κ1) is 13.9. The first-order valence-corrected chi connectivity index (χ1v) is 7.35. The van der Waals surface area contributed by atoms with Crippen LogP contribution in [-0.4, -0.2) is 18.5 Å². The van der Waals surface area contributed by atoms with Crippen molar-refractivity contribution in [1.82, 2.24) is 0 Å². The summed E-state index contributed by atoms with van der Waals surface area (Å²) >= 11 is 0. The number of Topliss-reactive ketones (excluding diaryl/α,β-unsaturated/α-hetero) is 1. The lowest BCUT2D eigenvalue weighted by molar-refractivity contribution is 0.101. The summed E-state index contributed by atoms with van der Waals surface area (Å²) in [6.45, 7) is 1.96. The summed E-state index contributed by atoms with van der Waals surface area (Å²) in [4.78, 5) is 23.1. The Labute approximate surface area is 124 Å². The summed E-state index contributed by atoms with van der Waals surface area (Å²) in [5.41, 5.74) is 1.16. The Morgan fingerprint density at radius 1 is 1.29 bits per heavy atom. The minimum absolute atomic E-state index is 0.0271. The highest BCUT2D eigenvalue weighted by atomic mass is 16.5. The predicted octanol–water partition coefficient (Wildman–Crippen LogP) is 3.65. The van der Waals surface area contributed by atoms with Crippen LogP contribution in [0, 0.1) is 17.8 Å². The van der Waals surface area contributed by atoms with Gasteiger partial charge in [0.25, 0.3) is 0 Å². The third-order valence-electron chi connectivity index (χ3n) is 4.36. The number of rotatable bonds is 4. The number of anilines is 1. The molecule has 0 aliphatic heterocycles. The van der Waals surface area contributed by atoms with Crippen molar-refractivity contribution in [3.8, 4) is 0 Å². The smallest absolute Gasteiger partial charge is 0.411 e. The molecule has 0 saturated heterocycles. The minimum atomic E-state index is -0.456. The summed E-state index contributed by atoms with van der Waals surface area (Å²) < 4.78 is 5.31. The number of amides is 1. The fourth-order valence-corrected chi connectivity index (χ4v) is 3.24. The summed E-state index contributed by atoms with van der Waals surface area (Å²) in [5, 5.41) is 2.67. The van der Waals surface area contributed by atoms with Crippen molar-refractivity contribution in [1.29, 1.82) is 0 Å². The van der Waals surface area contributed by atoms with E-state index in [1.807, 2.05) is 0 Å². The predicted molar refractivity (Wildman–Crippen MR) is 80.3 cm³/mol. The van der Waals surface area contributed by atoms with Gasteiger partial charge >= 0.3 is 6.09 Å². The van der Waals surface area contributed by atoms with Crippen LogP contribution in [0.4, 0.5) is 10.5 Å². The Morgan fingerprint density at radius 3 is 2.81 bits per heavy atom. The third kappa shape index (κ3) is 3.15. The lowest BCUT2D eigenvalue weighted by atomic mass is 9.95. The number of nitrogens with one attached hydrogen (secondary N) is 1. The molecular weight excluding hydrogens is 266 g/mol. The number of ketones is 1. The Kier molecular flexibility index (Phi) is 3.78. The average molecular weight is 285 g/mol. The van der Waals surface area contributed by atoms with Crippen LogP contribution in [0.1, 0.15) is 30.1 Å². The molecule has 0 radical (unpaired) electrons. The molecule has 1 saturated carbocycles. The molecule has 1 aromatic rings. The fraction of sp³-hybridized carbons (Fsp3) is 0.412. The van der Waals surface area contributed by atoms with Crippen LogP contribution < -0.4 is 5.32 Å². The molecule has 4 heteroatoms. The second-order valence-electron chi connectivity index (χ2n) is 5.90. The van der Waals surface area contributed by atoms with E-state index in [4.69, 9.17) is 4.74 Å². The van der Waals surface area contributed by atoms with Gasteiger partial charge < -0.3 is 4.74 Å². The van der Waals surface area contributed by atoms with E-state index in [1.54, 1.807) is 24.3 Å². The number of carbonyl (C=O) groups is 2. The zero-order valence-electron chi connectivity index (χ0n) is 12.0. The number of carbonyl (C=O) groups excluding carboxylic acids is 2. The Balaban J connectivity index is 1.51. The Morgan fingerprint density at radius 2 is 2.14 bits per heavy atom. The molecule has 0 spiro atoms. The minimum Gasteiger partial charge on any atom is -0.449 e. The number of hydrogen-bond acceptors (Lipinski definition) is 3. The van der Waals surface area contributed by atoms with Crippen LogP contribution in [0.5, 0.6) is 0 Å². The number of ether oxygens (including phenoxy) is 1. The van der Waals surface area contributed by atoms with Crippen molar-refractivity contribution in [2.24, 2.45) is 17.8 Å². The van der Waals surface area contributed by atoms with Gasteiger partial charge in [-0.15, -0.1) is 0 Å². The number of hydrogen-bond donors (Lipinski definition) is 1. The van der Waals surface area contributed by atoms with E-state index >= 15 is 0 Å². The molecule has 1 aromatic carbocycles. The van der Waals surface area contributed by atoms with Gasteiger partial charge in [-0.3, -0.25) is 10.1 Å². The molecule has 21 heavy (non-hydrogen) atoms.